The number of alkyl halides is 1. The van der Waals surface area contributed by atoms with Gasteiger partial charge in [0.2, 0.25) is 0 Å². The molecule has 4 rings (SSSR count). The van der Waals surface area contributed by atoms with E-state index in [1.165, 1.54) is 11.3 Å². The van der Waals surface area contributed by atoms with Crippen molar-refractivity contribution in [1.29, 1.82) is 0 Å². The molecule has 0 radical (unpaired) electrons. The van der Waals surface area contributed by atoms with Gasteiger partial charge >= 0.3 is 0 Å². The Hall–Kier alpha value is -1.99. The molecule has 0 saturated heterocycles. The van der Waals surface area contributed by atoms with Crippen LogP contribution in [0.1, 0.15) is 46.4 Å². The minimum Gasteiger partial charge on any atom is -0.496 e. The Labute approximate surface area is 175 Å². The molecule has 0 bridgehead atoms. The lowest BCUT2D eigenvalue weighted by Gasteiger charge is -2.16. The number of para-hydroxylation sites is 1. The molecule has 0 aliphatic heterocycles. The maximum Gasteiger partial charge on any atom is 0.262 e. The number of ketones is 1. The van der Waals surface area contributed by atoms with Gasteiger partial charge < -0.3 is 4.74 Å². The average Bonchev–Trinajstić information content (AvgIpc) is 3.07. The molecule has 5 nitrogen and oxygen atoms in total. The van der Waals surface area contributed by atoms with Gasteiger partial charge in [0.25, 0.3) is 5.56 Å². The van der Waals surface area contributed by atoms with Gasteiger partial charge in [-0.15, -0.1) is 11.3 Å². The van der Waals surface area contributed by atoms with Crippen molar-refractivity contribution in [2.45, 2.75) is 44.0 Å². The monoisotopic (exact) mass is 460 g/mol. The number of methoxy groups -OCH3 is 1. The Morgan fingerprint density at radius 2 is 2.11 bits per heavy atom. The number of carbonyl (C=O) groups is 1. The van der Waals surface area contributed by atoms with Crippen LogP contribution in [0.5, 0.6) is 5.75 Å². The highest BCUT2D eigenvalue weighted by Gasteiger charge is 2.31. The number of Topliss-reactive ketones (excluding diaryl/α,β-unsaturated/α-hetero) is 1. The van der Waals surface area contributed by atoms with Crippen molar-refractivity contribution >= 4 is 43.3 Å². The molecule has 0 fully saturated rings. The highest BCUT2D eigenvalue weighted by Crippen LogP contribution is 2.36. The number of hydrogen-bond acceptors (Lipinski definition) is 5. The van der Waals surface area contributed by atoms with Gasteiger partial charge in [-0.3, -0.25) is 14.2 Å². The zero-order valence-corrected chi connectivity index (χ0v) is 18.2. The number of halogens is 1. The lowest BCUT2D eigenvalue weighted by Crippen LogP contribution is -2.27. The number of rotatable bonds is 5. The minimum atomic E-state index is -0.168. The fourth-order valence-corrected chi connectivity index (χ4v) is 5.58. The molecule has 3 aromatic rings. The first-order chi connectivity index (χ1) is 13.5. The zero-order valence-electron chi connectivity index (χ0n) is 15.8. The summed E-state index contributed by atoms with van der Waals surface area (Å²) in [6, 6.07) is 7.72. The van der Waals surface area contributed by atoms with Crippen molar-refractivity contribution in [2.24, 2.45) is 0 Å². The molecular weight excluding hydrogens is 440 g/mol. The molecule has 0 spiro atoms. The van der Waals surface area contributed by atoms with E-state index in [2.05, 4.69) is 22.9 Å². The second-order valence-electron chi connectivity index (χ2n) is 6.94. The second kappa shape index (κ2) is 7.79. The van der Waals surface area contributed by atoms with Crippen LogP contribution in [0.2, 0.25) is 0 Å². The normalized spacial score (nSPS) is 16.4. The number of carbonyl (C=O) groups excluding carboxylic acids is 1. The van der Waals surface area contributed by atoms with E-state index in [9.17, 15) is 9.59 Å². The largest absolute Gasteiger partial charge is 0.496 e. The van der Waals surface area contributed by atoms with Crippen LogP contribution in [0, 0.1) is 0 Å². The first kappa shape index (κ1) is 19.3. The highest BCUT2D eigenvalue weighted by molar-refractivity contribution is 9.10. The number of aryl methyl sites for hydroxylation is 2. The van der Waals surface area contributed by atoms with Crippen LogP contribution >= 0.6 is 27.3 Å². The van der Waals surface area contributed by atoms with Crippen LogP contribution in [0.15, 0.2) is 29.1 Å². The number of aromatic nitrogens is 2. The van der Waals surface area contributed by atoms with Crippen molar-refractivity contribution in [3.63, 3.8) is 0 Å². The number of thiophene rings is 1. The van der Waals surface area contributed by atoms with Crippen molar-refractivity contribution in [2.75, 3.05) is 7.11 Å². The van der Waals surface area contributed by atoms with E-state index in [-0.39, 0.29) is 16.2 Å². The summed E-state index contributed by atoms with van der Waals surface area (Å²) in [6.45, 7) is 2.48. The third-order valence-corrected chi connectivity index (χ3v) is 7.15. The molecule has 1 aromatic carbocycles. The zero-order chi connectivity index (χ0) is 19.8. The van der Waals surface area contributed by atoms with Gasteiger partial charge in [-0.1, -0.05) is 41.1 Å². The summed E-state index contributed by atoms with van der Waals surface area (Å²) in [4.78, 5) is 32.1. The number of hydrogen-bond donors (Lipinski definition) is 0. The Bertz CT molecular complexity index is 1120. The Morgan fingerprint density at radius 1 is 1.32 bits per heavy atom. The lowest BCUT2D eigenvalue weighted by molar-refractivity contribution is 0.0986. The first-order valence-electron chi connectivity index (χ1n) is 9.40. The quantitative estimate of drug-likeness (QED) is 0.530. The predicted molar refractivity (Wildman–Crippen MR) is 115 cm³/mol. The topological polar surface area (TPSA) is 61.2 Å². The van der Waals surface area contributed by atoms with Gasteiger partial charge in [-0.05, 0) is 30.9 Å². The van der Waals surface area contributed by atoms with Crippen LogP contribution in [0.4, 0.5) is 0 Å². The summed E-state index contributed by atoms with van der Waals surface area (Å²) in [5, 5.41) is 0.613. The summed E-state index contributed by atoms with van der Waals surface area (Å²) < 4.78 is 7.21. The van der Waals surface area contributed by atoms with Gasteiger partial charge in [0.1, 0.15) is 16.4 Å². The van der Waals surface area contributed by atoms with Gasteiger partial charge in [0.05, 0.1) is 28.7 Å². The minimum absolute atomic E-state index is 0.0577. The summed E-state index contributed by atoms with van der Waals surface area (Å²) in [6.07, 6.45) is 3.02. The van der Waals surface area contributed by atoms with Crippen molar-refractivity contribution in [3.8, 4) is 5.75 Å². The van der Waals surface area contributed by atoms with E-state index >= 15 is 0 Å². The molecule has 28 heavy (non-hydrogen) atoms. The molecule has 1 atom stereocenters. The standard InChI is InChI=1S/C21H21BrN2O3S/c1-3-6-16-23-20-17(13-9-10-14(22)18(25)19(13)28-20)21(26)24(16)11-12-7-4-5-8-15(12)27-2/h4-5,7-8,14H,3,6,9-11H2,1-2H3. The van der Waals surface area contributed by atoms with Gasteiger partial charge in [0.15, 0.2) is 5.78 Å². The van der Waals surface area contributed by atoms with Crippen LogP contribution in [-0.4, -0.2) is 27.3 Å². The van der Waals surface area contributed by atoms with E-state index in [0.29, 0.717) is 34.5 Å². The van der Waals surface area contributed by atoms with Crippen molar-refractivity contribution in [3.05, 3.63) is 56.4 Å². The Morgan fingerprint density at radius 3 is 2.86 bits per heavy atom. The molecule has 1 aliphatic rings. The lowest BCUT2D eigenvalue weighted by atomic mass is 9.96. The van der Waals surface area contributed by atoms with E-state index in [1.807, 2.05) is 24.3 Å². The molecular formula is C21H21BrN2O3S. The number of nitrogens with zero attached hydrogens (tertiary/aromatic N) is 2. The third-order valence-electron chi connectivity index (χ3n) is 5.14. The summed E-state index contributed by atoms with van der Waals surface area (Å²) in [5.41, 5.74) is 1.75. The molecule has 7 heteroatoms. The molecule has 0 saturated carbocycles. The van der Waals surface area contributed by atoms with Gasteiger partial charge in [-0.25, -0.2) is 4.98 Å². The predicted octanol–water partition coefficient (Wildman–Crippen LogP) is 4.36. The Kier molecular flexibility index (Phi) is 5.38. The molecule has 0 N–H and O–H groups in total. The number of benzene rings is 1. The molecule has 1 unspecified atom stereocenters. The maximum absolute atomic E-state index is 13.5. The van der Waals surface area contributed by atoms with Crippen LogP contribution in [0.25, 0.3) is 10.2 Å². The van der Waals surface area contributed by atoms with Crippen LogP contribution < -0.4 is 10.3 Å². The highest BCUT2D eigenvalue weighted by atomic mass is 79.9. The molecule has 2 aromatic heterocycles. The fourth-order valence-electron chi connectivity index (χ4n) is 3.74. The number of fused-ring (bicyclic) bond motifs is 3. The molecule has 1 aliphatic carbocycles. The third kappa shape index (κ3) is 3.20. The summed E-state index contributed by atoms with van der Waals surface area (Å²) in [7, 11) is 1.63. The van der Waals surface area contributed by atoms with Gasteiger partial charge in [-0.2, -0.15) is 0 Å². The molecule has 0 amide bonds. The fraction of sp³-hybridized carbons (Fsp3) is 0.381. The summed E-state index contributed by atoms with van der Waals surface area (Å²) >= 11 is 4.81. The van der Waals surface area contributed by atoms with Gasteiger partial charge in [0, 0.05) is 12.0 Å². The van der Waals surface area contributed by atoms with Crippen molar-refractivity contribution in [1.82, 2.24) is 9.55 Å². The first-order valence-corrected chi connectivity index (χ1v) is 11.1. The second-order valence-corrected chi connectivity index (χ2v) is 9.05. The Balaban J connectivity index is 1.92. The van der Waals surface area contributed by atoms with E-state index in [4.69, 9.17) is 9.72 Å². The smallest absolute Gasteiger partial charge is 0.262 e. The summed E-state index contributed by atoms with van der Waals surface area (Å²) in [5.74, 6) is 1.57. The van der Waals surface area contributed by atoms with E-state index in [1.54, 1.807) is 11.7 Å². The van der Waals surface area contributed by atoms with Crippen molar-refractivity contribution < 1.29 is 9.53 Å². The molecule has 2 heterocycles. The molecule has 146 valence electrons. The number of ether oxygens (including phenoxy) is 1. The van der Waals surface area contributed by atoms with Crippen LogP contribution in [0.3, 0.4) is 0 Å². The maximum atomic E-state index is 13.5. The van der Waals surface area contributed by atoms with Crippen LogP contribution in [-0.2, 0) is 19.4 Å². The van der Waals surface area contributed by atoms with E-state index in [0.717, 1.165) is 35.5 Å². The van der Waals surface area contributed by atoms with E-state index < -0.39 is 0 Å². The SMILES string of the molecule is CCCc1nc2sc3c(c2c(=O)n1Cc1ccccc1OC)CCC(Br)C3=O. The average molecular weight is 461 g/mol.